The number of carbonyl (C=O) groups excluding carboxylic acids is 1. The van der Waals surface area contributed by atoms with E-state index in [4.69, 9.17) is 10.5 Å². The van der Waals surface area contributed by atoms with E-state index in [0.717, 1.165) is 0 Å². The summed E-state index contributed by atoms with van der Waals surface area (Å²) in [5.74, 6) is 0.0833. The number of hydrogen-bond acceptors (Lipinski definition) is 3. The standard InChI is InChI=1S/C8H16N2O2/c1-8(2)5-12-6-10(8)7(11)3-4-9/h3-6,9H2,1-2H3. The van der Waals surface area contributed by atoms with Crippen LogP contribution in [-0.2, 0) is 9.53 Å². The summed E-state index contributed by atoms with van der Waals surface area (Å²) in [6.45, 7) is 5.42. The van der Waals surface area contributed by atoms with Crippen LogP contribution in [0.15, 0.2) is 0 Å². The molecular weight excluding hydrogens is 156 g/mol. The number of amides is 1. The van der Waals surface area contributed by atoms with Crippen molar-refractivity contribution in [3.8, 4) is 0 Å². The summed E-state index contributed by atoms with van der Waals surface area (Å²) in [5.41, 5.74) is 5.14. The highest BCUT2D eigenvalue weighted by atomic mass is 16.5. The summed E-state index contributed by atoms with van der Waals surface area (Å²) in [6, 6.07) is 0. The minimum atomic E-state index is -0.160. The Bertz CT molecular complexity index is 180. The third-order valence-electron chi connectivity index (χ3n) is 2.07. The van der Waals surface area contributed by atoms with Gasteiger partial charge in [-0.2, -0.15) is 0 Å². The highest BCUT2D eigenvalue weighted by molar-refractivity contribution is 5.77. The number of carbonyl (C=O) groups is 1. The summed E-state index contributed by atoms with van der Waals surface area (Å²) >= 11 is 0. The van der Waals surface area contributed by atoms with Crippen molar-refractivity contribution in [1.82, 2.24) is 4.90 Å². The van der Waals surface area contributed by atoms with Gasteiger partial charge in [0.15, 0.2) is 0 Å². The molecule has 0 radical (unpaired) electrons. The maximum absolute atomic E-state index is 11.4. The molecule has 1 amide bonds. The Morgan fingerprint density at radius 3 is 2.75 bits per heavy atom. The molecule has 0 spiro atoms. The van der Waals surface area contributed by atoms with Crippen LogP contribution in [0.1, 0.15) is 20.3 Å². The van der Waals surface area contributed by atoms with Crippen molar-refractivity contribution >= 4 is 5.91 Å². The van der Waals surface area contributed by atoms with E-state index in [2.05, 4.69) is 0 Å². The van der Waals surface area contributed by atoms with Crippen LogP contribution in [0.3, 0.4) is 0 Å². The predicted molar refractivity (Wildman–Crippen MR) is 45.4 cm³/mol. The molecule has 1 fully saturated rings. The molecule has 0 aromatic rings. The molecule has 12 heavy (non-hydrogen) atoms. The maximum atomic E-state index is 11.4. The van der Waals surface area contributed by atoms with Crippen LogP contribution in [0.4, 0.5) is 0 Å². The Labute approximate surface area is 72.7 Å². The largest absolute Gasteiger partial charge is 0.359 e. The molecule has 2 N–H and O–H groups in total. The van der Waals surface area contributed by atoms with E-state index in [1.54, 1.807) is 4.90 Å². The molecule has 70 valence electrons. The summed E-state index contributed by atoms with van der Waals surface area (Å²) in [5, 5.41) is 0. The van der Waals surface area contributed by atoms with Crippen LogP contribution in [-0.4, -0.2) is 36.2 Å². The second-order valence-electron chi connectivity index (χ2n) is 3.65. The van der Waals surface area contributed by atoms with E-state index in [9.17, 15) is 4.79 Å². The molecular formula is C8H16N2O2. The van der Waals surface area contributed by atoms with Crippen molar-refractivity contribution in [3.63, 3.8) is 0 Å². The molecule has 0 aliphatic carbocycles. The molecule has 1 heterocycles. The van der Waals surface area contributed by atoms with Crippen molar-refractivity contribution in [1.29, 1.82) is 0 Å². The minimum Gasteiger partial charge on any atom is -0.359 e. The van der Waals surface area contributed by atoms with Crippen LogP contribution in [0, 0.1) is 0 Å². The van der Waals surface area contributed by atoms with Crippen LogP contribution in [0.25, 0.3) is 0 Å². The zero-order valence-electron chi connectivity index (χ0n) is 7.67. The predicted octanol–water partition coefficient (Wildman–Crippen LogP) is -0.0699. The molecule has 0 atom stereocenters. The normalized spacial score (nSPS) is 21.4. The van der Waals surface area contributed by atoms with Crippen molar-refractivity contribution < 1.29 is 9.53 Å². The minimum absolute atomic E-state index is 0.0833. The summed E-state index contributed by atoms with van der Waals surface area (Å²) < 4.78 is 5.20. The lowest BCUT2D eigenvalue weighted by molar-refractivity contribution is -0.134. The van der Waals surface area contributed by atoms with Gasteiger partial charge in [-0.15, -0.1) is 0 Å². The molecule has 1 saturated heterocycles. The van der Waals surface area contributed by atoms with E-state index < -0.39 is 0 Å². The smallest absolute Gasteiger partial charge is 0.226 e. The summed E-state index contributed by atoms with van der Waals surface area (Å²) in [7, 11) is 0. The van der Waals surface area contributed by atoms with Gasteiger partial charge in [-0.1, -0.05) is 0 Å². The lowest BCUT2D eigenvalue weighted by atomic mass is 10.1. The zero-order chi connectivity index (χ0) is 9.19. The first-order valence-electron chi connectivity index (χ1n) is 4.16. The van der Waals surface area contributed by atoms with Gasteiger partial charge in [-0.05, 0) is 13.8 Å². The first-order chi connectivity index (χ1) is 5.58. The lowest BCUT2D eigenvalue weighted by Gasteiger charge is -2.28. The number of rotatable bonds is 2. The van der Waals surface area contributed by atoms with Crippen LogP contribution >= 0.6 is 0 Å². The SMILES string of the molecule is CC1(C)COCN1C(=O)CCN. The second kappa shape index (κ2) is 3.41. The molecule has 1 aliphatic heterocycles. The average Bonchev–Trinajstić information content (AvgIpc) is 2.30. The second-order valence-corrected chi connectivity index (χ2v) is 3.65. The quantitative estimate of drug-likeness (QED) is 0.634. The van der Waals surface area contributed by atoms with Crippen molar-refractivity contribution in [2.75, 3.05) is 19.9 Å². The summed E-state index contributed by atoms with van der Waals surface area (Å²) in [4.78, 5) is 13.2. The van der Waals surface area contributed by atoms with Crippen LogP contribution in [0.5, 0.6) is 0 Å². The third-order valence-corrected chi connectivity index (χ3v) is 2.07. The number of nitrogens with zero attached hydrogens (tertiary/aromatic N) is 1. The van der Waals surface area contributed by atoms with Crippen molar-refractivity contribution in [2.45, 2.75) is 25.8 Å². The molecule has 0 aromatic heterocycles. The molecule has 4 heteroatoms. The summed E-state index contributed by atoms with van der Waals surface area (Å²) in [6.07, 6.45) is 0.410. The molecule has 0 aromatic carbocycles. The third kappa shape index (κ3) is 1.76. The van der Waals surface area contributed by atoms with Crippen LogP contribution < -0.4 is 5.73 Å². The van der Waals surface area contributed by atoms with Crippen LogP contribution in [0.2, 0.25) is 0 Å². The highest BCUT2D eigenvalue weighted by Crippen LogP contribution is 2.21. The Morgan fingerprint density at radius 2 is 2.33 bits per heavy atom. The van der Waals surface area contributed by atoms with E-state index in [-0.39, 0.29) is 11.4 Å². The van der Waals surface area contributed by atoms with Crippen molar-refractivity contribution in [2.24, 2.45) is 5.73 Å². The van der Waals surface area contributed by atoms with E-state index in [0.29, 0.717) is 26.3 Å². The Balaban J connectivity index is 2.56. The van der Waals surface area contributed by atoms with Gasteiger partial charge in [-0.25, -0.2) is 0 Å². The molecule has 1 rings (SSSR count). The Kier molecular flexibility index (Phi) is 2.69. The molecule has 0 bridgehead atoms. The fraction of sp³-hybridized carbons (Fsp3) is 0.875. The van der Waals surface area contributed by atoms with Gasteiger partial charge in [0, 0.05) is 13.0 Å². The molecule has 1 aliphatic rings. The zero-order valence-corrected chi connectivity index (χ0v) is 7.67. The number of hydrogen-bond donors (Lipinski definition) is 1. The fourth-order valence-electron chi connectivity index (χ4n) is 1.31. The average molecular weight is 172 g/mol. The van der Waals surface area contributed by atoms with Gasteiger partial charge in [0.2, 0.25) is 5.91 Å². The van der Waals surface area contributed by atoms with Crippen molar-refractivity contribution in [3.05, 3.63) is 0 Å². The number of nitrogens with two attached hydrogens (primary N) is 1. The fourth-order valence-corrected chi connectivity index (χ4v) is 1.31. The maximum Gasteiger partial charge on any atom is 0.226 e. The number of ether oxygens (including phenoxy) is 1. The Morgan fingerprint density at radius 1 is 1.67 bits per heavy atom. The topological polar surface area (TPSA) is 55.6 Å². The van der Waals surface area contributed by atoms with E-state index in [1.807, 2.05) is 13.8 Å². The van der Waals surface area contributed by atoms with Gasteiger partial charge < -0.3 is 15.4 Å². The van der Waals surface area contributed by atoms with E-state index >= 15 is 0 Å². The van der Waals surface area contributed by atoms with Gasteiger partial charge >= 0.3 is 0 Å². The molecule has 4 nitrogen and oxygen atoms in total. The monoisotopic (exact) mass is 172 g/mol. The first kappa shape index (κ1) is 9.48. The van der Waals surface area contributed by atoms with Gasteiger partial charge in [-0.3, -0.25) is 4.79 Å². The van der Waals surface area contributed by atoms with E-state index in [1.165, 1.54) is 0 Å². The highest BCUT2D eigenvalue weighted by Gasteiger charge is 2.35. The van der Waals surface area contributed by atoms with Gasteiger partial charge in [0.25, 0.3) is 0 Å². The Hall–Kier alpha value is -0.610. The van der Waals surface area contributed by atoms with Gasteiger partial charge in [0.1, 0.15) is 6.73 Å². The van der Waals surface area contributed by atoms with Gasteiger partial charge in [0.05, 0.1) is 12.1 Å². The first-order valence-corrected chi connectivity index (χ1v) is 4.16. The molecule has 0 unspecified atom stereocenters. The molecule has 0 saturated carbocycles. The lowest BCUT2D eigenvalue weighted by Crippen LogP contribution is -2.44.